The van der Waals surface area contributed by atoms with Crippen LogP contribution in [0.15, 0.2) is 0 Å². The summed E-state index contributed by atoms with van der Waals surface area (Å²) in [6.45, 7) is 0. The normalized spacial score (nSPS) is 25.0. The molecule has 0 atom stereocenters. The molecular weight excluding hydrogens is 365 g/mol. The van der Waals surface area contributed by atoms with Crippen LogP contribution in [0.4, 0.5) is 0 Å². The van der Waals surface area contributed by atoms with E-state index in [0.29, 0.717) is 12.2 Å². The van der Waals surface area contributed by atoms with Crippen LogP contribution in [0.25, 0.3) is 0 Å². The maximum absolute atomic E-state index is 6.19. The predicted octanol–water partition coefficient (Wildman–Crippen LogP) is 3.43. The fraction of sp³-hybridized carbons (Fsp3) is 1.00. The Morgan fingerprint density at radius 2 is 1.12 bits per heavy atom. The Hall–Kier alpha value is 1.39. The topological polar surface area (TPSA) is 18.5 Å². The first-order valence-corrected chi connectivity index (χ1v) is 13.2. The average Bonchev–Trinajstić information content (AvgIpc) is 2.30. The van der Waals surface area contributed by atoms with Gasteiger partial charge in [-0.15, -0.1) is 0 Å². The Morgan fingerprint density at radius 1 is 0.765 bits per heavy atom. The molecule has 0 aromatic carbocycles. The second-order valence-corrected chi connectivity index (χ2v) is 16.9. The van der Waals surface area contributed by atoms with Crippen molar-refractivity contribution in [1.82, 2.24) is 0 Å². The second-order valence-electron chi connectivity index (χ2n) is 5.20. The summed E-state index contributed by atoms with van der Waals surface area (Å²) in [4.78, 5) is 0. The second kappa shape index (κ2) is 7.25. The molecule has 2 rings (SSSR count). The van der Waals surface area contributed by atoms with Crippen LogP contribution in [0.3, 0.4) is 0 Å². The molecule has 2 aliphatic rings. The molecule has 0 amide bonds. The van der Waals surface area contributed by atoms with Gasteiger partial charge in [0.25, 0.3) is 0 Å². The van der Waals surface area contributed by atoms with Gasteiger partial charge in [0.1, 0.15) is 0 Å². The van der Waals surface area contributed by atoms with E-state index in [-0.39, 0.29) is 0 Å². The summed E-state index contributed by atoms with van der Waals surface area (Å²) in [6.07, 6.45) is 13.8. The summed E-state index contributed by atoms with van der Waals surface area (Å²) in [7, 11) is 0. The summed E-state index contributed by atoms with van der Waals surface area (Å²) in [5.41, 5.74) is 0. The minimum atomic E-state index is -1.77. The van der Waals surface area contributed by atoms with Crippen LogP contribution in [0.2, 0.25) is 0 Å². The first kappa shape index (κ1) is 14.8. The zero-order valence-electron chi connectivity index (χ0n) is 10.3. The molecule has 100 valence electrons. The Balaban J connectivity index is 1.78. The molecule has 0 heterocycles. The third-order valence-electron chi connectivity index (χ3n) is 3.67. The fourth-order valence-electron chi connectivity index (χ4n) is 2.74. The van der Waals surface area contributed by atoms with Gasteiger partial charge in [-0.3, -0.25) is 0 Å². The van der Waals surface area contributed by atoms with Crippen molar-refractivity contribution in [3.8, 4) is 0 Å². The molecule has 0 aliphatic heterocycles. The van der Waals surface area contributed by atoms with Crippen LogP contribution in [0.1, 0.15) is 64.2 Å². The van der Waals surface area contributed by atoms with E-state index in [0.717, 1.165) is 0 Å². The summed E-state index contributed by atoms with van der Waals surface area (Å²) in [5.74, 6) is 0. The van der Waals surface area contributed by atoms with E-state index in [1.807, 2.05) is 0 Å². The Labute approximate surface area is 120 Å². The van der Waals surface area contributed by atoms with Crippen molar-refractivity contribution in [1.29, 1.82) is 0 Å². The summed E-state index contributed by atoms with van der Waals surface area (Å²) in [5, 5.41) is 0. The van der Waals surface area contributed by atoms with E-state index in [4.69, 9.17) is 9.05 Å². The van der Waals surface area contributed by atoms with Crippen LogP contribution in [0.5, 0.6) is 0 Å². The van der Waals surface area contributed by atoms with Gasteiger partial charge in [-0.2, -0.15) is 0 Å². The van der Waals surface area contributed by atoms with Gasteiger partial charge in [-0.25, -0.2) is 0 Å². The predicted molar refractivity (Wildman–Crippen MR) is 75.7 cm³/mol. The van der Waals surface area contributed by atoms with Gasteiger partial charge >= 0.3 is 121 Å². The van der Waals surface area contributed by atoms with Gasteiger partial charge in [0.2, 0.25) is 0 Å². The van der Waals surface area contributed by atoms with E-state index < -0.39 is 4.65 Å². The first-order valence-electron chi connectivity index (χ1n) is 6.85. The van der Waals surface area contributed by atoms with E-state index in [9.17, 15) is 0 Å². The van der Waals surface area contributed by atoms with Gasteiger partial charge in [0.15, 0.2) is 0 Å². The van der Waals surface area contributed by atoms with Crippen molar-refractivity contribution in [2.75, 3.05) is 0 Å². The van der Waals surface area contributed by atoms with E-state index in [2.05, 4.69) is 30.7 Å². The van der Waals surface area contributed by atoms with Gasteiger partial charge < -0.3 is 0 Å². The van der Waals surface area contributed by atoms with Crippen molar-refractivity contribution >= 4 is 35.3 Å². The Morgan fingerprint density at radius 3 is 1.47 bits per heavy atom. The Bertz CT molecular complexity index is 250. The maximum atomic E-state index is 6.19. The molecule has 2 saturated carbocycles. The van der Waals surface area contributed by atoms with Crippen molar-refractivity contribution in [2.24, 2.45) is 0 Å². The van der Waals surface area contributed by atoms with Crippen LogP contribution < -0.4 is 0 Å². The van der Waals surface area contributed by atoms with Crippen LogP contribution in [-0.2, 0) is 9.05 Å². The monoisotopic (exact) mass is 390 g/mol. The van der Waals surface area contributed by atoms with Gasteiger partial charge in [0.05, 0.1) is 0 Å². The molecule has 0 radical (unpaired) electrons. The molecule has 0 N–H and O–H groups in total. The van der Waals surface area contributed by atoms with Gasteiger partial charge in [-0.05, 0) is 0 Å². The summed E-state index contributed by atoms with van der Waals surface area (Å²) in [6, 6.07) is 0. The van der Waals surface area contributed by atoms with E-state index in [1.54, 1.807) is 0 Å². The molecule has 0 aromatic rings. The molecular formula is C12H23O2PSe2. The Kier molecular flexibility index (Phi) is 6.30. The third kappa shape index (κ3) is 5.49. The molecule has 0 bridgehead atoms. The zero-order valence-corrected chi connectivity index (χ0v) is 14.8. The first-order chi connectivity index (χ1) is 8.16. The molecule has 2 aliphatic carbocycles. The van der Waals surface area contributed by atoms with Crippen molar-refractivity contribution in [3.63, 3.8) is 0 Å². The van der Waals surface area contributed by atoms with Crippen molar-refractivity contribution in [3.05, 3.63) is 0 Å². The zero-order chi connectivity index (χ0) is 12.1. The van der Waals surface area contributed by atoms with E-state index in [1.165, 1.54) is 64.2 Å². The van der Waals surface area contributed by atoms with Crippen LogP contribution >= 0.6 is 4.65 Å². The average molecular weight is 388 g/mol. The molecule has 2 fully saturated rings. The fourth-order valence-corrected chi connectivity index (χ4v) is 7.18. The van der Waals surface area contributed by atoms with Crippen LogP contribution in [-0.4, -0.2) is 42.9 Å². The number of hydrogen-bond donors (Lipinski definition) is 0. The van der Waals surface area contributed by atoms with E-state index >= 15 is 0 Å². The molecule has 0 spiro atoms. The molecule has 5 heteroatoms. The quantitative estimate of drug-likeness (QED) is 0.543. The standard InChI is InChI=1S/C12H23O2PSe2/c16-15(17,13-11-7-3-1-4-8-11)14-12-9-5-2-6-10-12/h11-12H,1-10H2,(H,16,17). The molecule has 17 heavy (non-hydrogen) atoms. The summed E-state index contributed by atoms with van der Waals surface area (Å²) >= 11 is 5.84. The minimum absolute atomic E-state index is 0.435. The van der Waals surface area contributed by atoms with Crippen LogP contribution in [0, 0.1) is 0 Å². The molecule has 2 nitrogen and oxygen atoms in total. The third-order valence-corrected chi connectivity index (χ3v) is 7.07. The van der Waals surface area contributed by atoms with Gasteiger partial charge in [0, 0.05) is 0 Å². The molecule has 0 aromatic heterocycles. The SMILES string of the molecule is [Se]=P([SeH])(OC1CCCCC1)OC1CCCCC1. The van der Waals surface area contributed by atoms with Gasteiger partial charge in [-0.1, -0.05) is 0 Å². The molecule has 0 saturated heterocycles. The number of rotatable bonds is 4. The van der Waals surface area contributed by atoms with Crippen molar-refractivity contribution in [2.45, 2.75) is 76.4 Å². The number of hydrogen-bond acceptors (Lipinski definition) is 2. The molecule has 0 unspecified atom stereocenters. The van der Waals surface area contributed by atoms with Crippen molar-refractivity contribution < 1.29 is 9.05 Å². The summed E-state index contributed by atoms with van der Waals surface area (Å²) < 4.78 is 10.6.